The fourth-order valence-corrected chi connectivity index (χ4v) is 5.62. The third kappa shape index (κ3) is 3.50. The molecule has 0 aliphatic carbocycles. The van der Waals surface area contributed by atoms with E-state index in [0.29, 0.717) is 26.9 Å². The van der Waals surface area contributed by atoms with E-state index in [1.165, 1.54) is 13.0 Å². The molecule has 1 N–H and O–H groups in total. The van der Waals surface area contributed by atoms with Crippen LogP contribution in [0.25, 0.3) is 22.2 Å². The van der Waals surface area contributed by atoms with Crippen LogP contribution in [0, 0.1) is 0 Å². The minimum Gasteiger partial charge on any atom is -0.486 e. The largest absolute Gasteiger partial charge is 0.486 e. The number of anilines is 1. The maximum atomic E-state index is 6.30. The second-order valence-corrected chi connectivity index (χ2v) is 10.0. The predicted octanol–water partition coefficient (Wildman–Crippen LogP) is 5.36. The number of hydrogen-bond acceptors (Lipinski definition) is 6. The summed E-state index contributed by atoms with van der Waals surface area (Å²) in [5.41, 5.74) is 3.81. The molecule has 174 valence electrons. The molecule has 1 unspecified atom stereocenters. The van der Waals surface area contributed by atoms with Gasteiger partial charge >= 0.3 is 0 Å². The smallest absolute Gasteiger partial charge is 0.128 e. The first-order valence-electron chi connectivity index (χ1n) is 11.3. The summed E-state index contributed by atoms with van der Waals surface area (Å²) in [4.78, 5) is 13.5. The average Bonchev–Trinajstić information content (AvgIpc) is 3.21. The number of ether oxygens (including phenoxy) is 1. The van der Waals surface area contributed by atoms with Gasteiger partial charge in [-0.15, -0.1) is 0 Å². The van der Waals surface area contributed by atoms with Crippen LogP contribution in [0.2, 0.25) is 10.0 Å². The molecule has 2 saturated heterocycles. The normalized spacial score (nSPS) is 18.1. The number of hydrogen-bond donors (Lipinski definition) is 1. The highest BCUT2D eigenvalue weighted by Gasteiger charge is 2.51. The summed E-state index contributed by atoms with van der Waals surface area (Å²) < 4.78 is 6.18. The van der Waals surface area contributed by atoms with Crippen LogP contribution in [0.1, 0.15) is 25.0 Å². The number of fused-ring (bicyclic) bond motifs is 1. The number of pyridine rings is 2. The lowest BCUT2D eigenvalue weighted by molar-refractivity contribution is -0.0131. The van der Waals surface area contributed by atoms with Crippen LogP contribution in [-0.4, -0.2) is 57.3 Å². The number of nitrogens with one attached hydrogen (secondary N) is 1. The molecular weight excluding hydrogens is 471 g/mol. The van der Waals surface area contributed by atoms with Crippen LogP contribution >= 0.6 is 23.2 Å². The number of aromatic amines is 1. The van der Waals surface area contributed by atoms with Gasteiger partial charge < -0.3 is 9.64 Å². The molecule has 2 fully saturated rings. The molecular formula is C25H24Cl2N6O. The monoisotopic (exact) mass is 494 g/mol. The van der Waals surface area contributed by atoms with E-state index in [9.17, 15) is 0 Å². The number of aromatic nitrogens is 4. The molecule has 0 saturated carbocycles. The SMILES string of the molecule is CC(Oc1ccc2[nH]nc(-c3ccc(N4CC5(CCN5C)C4)nc3)c2c1)c1c(Cl)cncc1Cl. The molecule has 1 spiro atoms. The Kier molecular flexibility index (Phi) is 5.17. The summed E-state index contributed by atoms with van der Waals surface area (Å²) in [6.07, 6.45) is 5.97. The summed E-state index contributed by atoms with van der Waals surface area (Å²) in [5.74, 6) is 1.71. The number of likely N-dealkylation sites (N-methyl/N-ethyl adjacent to an activating group) is 1. The number of rotatable bonds is 5. The molecule has 9 heteroatoms. The maximum Gasteiger partial charge on any atom is 0.128 e. The quantitative estimate of drug-likeness (QED) is 0.402. The van der Waals surface area contributed by atoms with E-state index in [1.807, 2.05) is 31.3 Å². The summed E-state index contributed by atoms with van der Waals surface area (Å²) in [5, 5.41) is 9.58. The molecule has 3 aromatic heterocycles. The molecule has 0 bridgehead atoms. The van der Waals surface area contributed by atoms with Gasteiger partial charge in [-0.1, -0.05) is 23.2 Å². The predicted molar refractivity (Wildman–Crippen MR) is 135 cm³/mol. The Labute approximate surface area is 207 Å². The summed E-state index contributed by atoms with van der Waals surface area (Å²) in [6, 6.07) is 10.0. The van der Waals surface area contributed by atoms with Crippen molar-refractivity contribution in [2.75, 3.05) is 31.6 Å². The first-order chi connectivity index (χ1) is 16.4. The summed E-state index contributed by atoms with van der Waals surface area (Å²) in [6.45, 7) is 5.20. The zero-order chi connectivity index (χ0) is 23.4. The molecule has 2 aliphatic rings. The van der Waals surface area contributed by atoms with E-state index in [0.717, 1.165) is 41.1 Å². The van der Waals surface area contributed by atoms with Crippen molar-refractivity contribution < 1.29 is 4.74 Å². The van der Waals surface area contributed by atoms with Crippen molar-refractivity contribution in [2.24, 2.45) is 0 Å². The molecule has 0 radical (unpaired) electrons. The standard InChI is InChI=1S/C25H24Cl2N6O/c1-15(23-19(26)11-28-12-20(23)27)34-17-4-5-21-18(9-17)24(31-30-21)16-3-6-22(29-10-16)33-13-25(14-33)7-8-32(25)2/h3-6,9-12,15H,7-8,13-14H2,1-2H3,(H,30,31). The van der Waals surface area contributed by atoms with Gasteiger partial charge in [-0.3, -0.25) is 15.0 Å². The van der Waals surface area contributed by atoms with Crippen molar-refractivity contribution >= 4 is 39.9 Å². The molecule has 1 atom stereocenters. The van der Waals surface area contributed by atoms with Crippen LogP contribution in [0.3, 0.4) is 0 Å². The van der Waals surface area contributed by atoms with Crippen LogP contribution < -0.4 is 9.64 Å². The molecule has 2 aliphatic heterocycles. The molecule has 1 aromatic carbocycles. The van der Waals surface area contributed by atoms with Gasteiger partial charge in [0.25, 0.3) is 0 Å². The Morgan fingerprint density at radius 2 is 1.88 bits per heavy atom. The molecule has 0 amide bonds. The maximum absolute atomic E-state index is 6.30. The van der Waals surface area contributed by atoms with Crippen LogP contribution in [0.15, 0.2) is 48.9 Å². The molecule has 7 nitrogen and oxygen atoms in total. The van der Waals surface area contributed by atoms with Crippen molar-refractivity contribution in [3.8, 4) is 17.0 Å². The van der Waals surface area contributed by atoms with Gasteiger partial charge in [0.05, 0.1) is 21.1 Å². The van der Waals surface area contributed by atoms with E-state index in [1.54, 1.807) is 12.4 Å². The van der Waals surface area contributed by atoms with Gasteiger partial charge in [0, 0.05) is 54.7 Å². The Hall–Kier alpha value is -2.87. The van der Waals surface area contributed by atoms with E-state index in [2.05, 4.69) is 44.2 Å². The van der Waals surface area contributed by atoms with Crippen LogP contribution in [0.4, 0.5) is 5.82 Å². The molecule has 6 rings (SSSR count). The van der Waals surface area contributed by atoms with Crippen LogP contribution in [0.5, 0.6) is 5.75 Å². The number of nitrogens with zero attached hydrogens (tertiary/aromatic N) is 5. The van der Waals surface area contributed by atoms with Crippen LogP contribution in [-0.2, 0) is 0 Å². The van der Waals surface area contributed by atoms with Crippen molar-refractivity contribution in [1.82, 2.24) is 25.1 Å². The molecule has 34 heavy (non-hydrogen) atoms. The van der Waals surface area contributed by atoms with E-state index in [4.69, 9.17) is 32.9 Å². The third-order valence-electron chi connectivity index (χ3n) is 7.18. The zero-order valence-electron chi connectivity index (χ0n) is 18.9. The summed E-state index contributed by atoms with van der Waals surface area (Å²) >= 11 is 12.6. The number of benzene rings is 1. The van der Waals surface area contributed by atoms with Gasteiger partial charge in [-0.05, 0) is 50.7 Å². The van der Waals surface area contributed by atoms with E-state index in [-0.39, 0.29) is 6.10 Å². The lowest BCUT2D eigenvalue weighted by atomic mass is 9.78. The summed E-state index contributed by atoms with van der Waals surface area (Å²) in [7, 11) is 2.21. The van der Waals surface area contributed by atoms with Gasteiger partial charge in [0.1, 0.15) is 23.4 Å². The second-order valence-electron chi connectivity index (χ2n) is 9.21. The Bertz CT molecular complexity index is 1350. The van der Waals surface area contributed by atoms with Gasteiger partial charge in [-0.25, -0.2) is 4.98 Å². The zero-order valence-corrected chi connectivity index (χ0v) is 20.4. The van der Waals surface area contributed by atoms with Crippen molar-refractivity contribution in [1.29, 1.82) is 0 Å². The highest BCUT2D eigenvalue weighted by atomic mass is 35.5. The lowest BCUT2D eigenvalue weighted by Gasteiger charge is -2.61. The number of likely N-dealkylation sites (tertiary alicyclic amines) is 1. The lowest BCUT2D eigenvalue weighted by Crippen LogP contribution is -2.76. The van der Waals surface area contributed by atoms with Gasteiger partial charge in [0.15, 0.2) is 0 Å². The topological polar surface area (TPSA) is 70.2 Å². The van der Waals surface area contributed by atoms with E-state index >= 15 is 0 Å². The molecule has 4 aromatic rings. The Morgan fingerprint density at radius 1 is 1.09 bits per heavy atom. The fraction of sp³-hybridized carbons (Fsp3) is 0.320. The second kappa shape index (κ2) is 8.12. The van der Waals surface area contributed by atoms with Crippen molar-refractivity contribution in [2.45, 2.75) is 25.0 Å². The van der Waals surface area contributed by atoms with Crippen molar-refractivity contribution in [3.63, 3.8) is 0 Å². The first kappa shape index (κ1) is 21.6. The number of halogens is 2. The first-order valence-corrected chi connectivity index (χ1v) is 12.1. The van der Waals surface area contributed by atoms with Crippen molar-refractivity contribution in [3.05, 3.63) is 64.5 Å². The third-order valence-corrected chi connectivity index (χ3v) is 7.78. The van der Waals surface area contributed by atoms with Gasteiger partial charge in [-0.2, -0.15) is 5.10 Å². The highest BCUT2D eigenvalue weighted by molar-refractivity contribution is 6.35. The highest BCUT2D eigenvalue weighted by Crippen LogP contribution is 2.40. The fourth-order valence-electron chi connectivity index (χ4n) is 4.95. The Balaban J connectivity index is 1.23. The average molecular weight is 495 g/mol. The Morgan fingerprint density at radius 3 is 2.53 bits per heavy atom. The molecule has 5 heterocycles. The van der Waals surface area contributed by atoms with Gasteiger partial charge in [0.2, 0.25) is 0 Å². The van der Waals surface area contributed by atoms with E-state index < -0.39 is 0 Å². The number of H-pyrrole nitrogens is 1. The minimum atomic E-state index is -0.341. The minimum absolute atomic E-state index is 0.341.